The Balaban J connectivity index is 2.05. The molecule has 16 heavy (non-hydrogen) atoms. The third kappa shape index (κ3) is 2.71. The summed E-state index contributed by atoms with van der Waals surface area (Å²) < 4.78 is 0.598. The second-order valence-electron chi connectivity index (χ2n) is 3.70. The van der Waals surface area contributed by atoms with Gasteiger partial charge in [-0.25, -0.2) is 0 Å². The molecule has 2 rings (SSSR count). The third-order valence-electron chi connectivity index (χ3n) is 2.47. The maximum absolute atomic E-state index is 11.8. The molecule has 0 spiro atoms. The summed E-state index contributed by atoms with van der Waals surface area (Å²) in [6.07, 6.45) is 1.03. The maximum atomic E-state index is 11.8. The van der Waals surface area contributed by atoms with Crippen LogP contribution in [0.25, 0.3) is 0 Å². The summed E-state index contributed by atoms with van der Waals surface area (Å²) >= 11 is 5.03. The highest BCUT2D eigenvalue weighted by molar-refractivity contribution is 9.10. The van der Waals surface area contributed by atoms with Crippen molar-refractivity contribution >= 4 is 33.6 Å². The number of carbonyl (C=O) groups is 1. The lowest BCUT2D eigenvalue weighted by molar-refractivity contribution is 0.0940. The molecule has 1 aromatic rings. The predicted octanol–water partition coefficient (Wildman–Crippen LogP) is 2.39. The fourth-order valence-electron chi connectivity index (χ4n) is 1.57. The molecule has 1 aliphatic heterocycles. The number of thioether (sulfide) groups is 1. The first-order valence-corrected chi connectivity index (χ1v) is 6.98. The van der Waals surface area contributed by atoms with Crippen LogP contribution in [0.1, 0.15) is 16.8 Å². The Morgan fingerprint density at radius 1 is 1.56 bits per heavy atom. The van der Waals surface area contributed by atoms with E-state index in [-0.39, 0.29) is 17.7 Å². The first-order chi connectivity index (χ1) is 7.66. The molecule has 1 atom stereocenters. The molecule has 1 aromatic carbocycles. The zero-order valence-corrected chi connectivity index (χ0v) is 11.0. The van der Waals surface area contributed by atoms with E-state index in [0.29, 0.717) is 10.0 Å². The minimum atomic E-state index is -0.115. The van der Waals surface area contributed by atoms with Crippen molar-refractivity contribution in [1.29, 1.82) is 0 Å². The Kier molecular flexibility index (Phi) is 3.76. The Morgan fingerprint density at radius 3 is 3.00 bits per heavy atom. The van der Waals surface area contributed by atoms with Gasteiger partial charge < -0.3 is 10.4 Å². The van der Waals surface area contributed by atoms with E-state index in [1.807, 2.05) is 11.8 Å². The fraction of sp³-hybridized carbons (Fsp3) is 0.364. The SMILES string of the molecule is O=C(NC1CCSC1)c1ccc(Br)c(O)c1. The van der Waals surface area contributed by atoms with E-state index in [1.165, 1.54) is 6.07 Å². The highest BCUT2D eigenvalue weighted by Crippen LogP contribution is 2.24. The standard InChI is InChI=1S/C11H12BrNO2S/c12-9-2-1-7(5-10(9)14)11(15)13-8-3-4-16-6-8/h1-2,5,8,14H,3-4,6H2,(H,13,15). The van der Waals surface area contributed by atoms with E-state index in [2.05, 4.69) is 21.2 Å². The van der Waals surface area contributed by atoms with Crippen molar-refractivity contribution in [2.75, 3.05) is 11.5 Å². The third-order valence-corrected chi connectivity index (χ3v) is 4.31. The van der Waals surface area contributed by atoms with Crippen LogP contribution >= 0.6 is 27.7 Å². The Hall–Kier alpha value is -0.680. The smallest absolute Gasteiger partial charge is 0.251 e. The molecule has 1 fully saturated rings. The van der Waals surface area contributed by atoms with E-state index in [9.17, 15) is 9.90 Å². The molecule has 1 amide bonds. The molecule has 0 saturated carbocycles. The minimum absolute atomic E-state index is 0.0912. The van der Waals surface area contributed by atoms with E-state index >= 15 is 0 Å². The number of rotatable bonds is 2. The van der Waals surface area contributed by atoms with Crippen LogP contribution in [-0.2, 0) is 0 Å². The maximum Gasteiger partial charge on any atom is 0.251 e. The first kappa shape index (κ1) is 11.8. The van der Waals surface area contributed by atoms with Crippen LogP contribution in [0, 0.1) is 0 Å². The van der Waals surface area contributed by atoms with Gasteiger partial charge in [0, 0.05) is 17.4 Å². The number of phenolic OH excluding ortho intramolecular Hbond substituents is 1. The molecular formula is C11H12BrNO2S. The van der Waals surface area contributed by atoms with Crippen LogP contribution in [0.4, 0.5) is 0 Å². The van der Waals surface area contributed by atoms with Gasteiger partial charge in [-0.3, -0.25) is 4.79 Å². The number of hydrogen-bond acceptors (Lipinski definition) is 3. The number of phenols is 1. The number of nitrogens with one attached hydrogen (secondary N) is 1. The largest absolute Gasteiger partial charge is 0.507 e. The Bertz CT molecular complexity index is 405. The zero-order chi connectivity index (χ0) is 11.5. The van der Waals surface area contributed by atoms with Gasteiger partial charge in [-0.05, 0) is 46.3 Å². The van der Waals surface area contributed by atoms with Gasteiger partial charge in [0.05, 0.1) is 4.47 Å². The monoisotopic (exact) mass is 301 g/mol. The average Bonchev–Trinajstić information content (AvgIpc) is 2.74. The van der Waals surface area contributed by atoms with Crippen molar-refractivity contribution in [2.24, 2.45) is 0 Å². The number of benzene rings is 1. The van der Waals surface area contributed by atoms with Crippen molar-refractivity contribution < 1.29 is 9.90 Å². The molecule has 1 saturated heterocycles. The van der Waals surface area contributed by atoms with E-state index in [4.69, 9.17) is 0 Å². The summed E-state index contributed by atoms with van der Waals surface area (Å²) in [6.45, 7) is 0. The average molecular weight is 302 g/mol. The summed E-state index contributed by atoms with van der Waals surface area (Å²) in [7, 11) is 0. The van der Waals surface area contributed by atoms with Crippen LogP contribution in [0.2, 0.25) is 0 Å². The molecule has 5 heteroatoms. The normalized spacial score (nSPS) is 19.7. The van der Waals surface area contributed by atoms with Gasteiger partial charge in [0.25, 0.3) is 5.91 Å². The van der Waals surface area contributed by atoms with Gasteiger partial charge in [0.15, 0.2) is 0 Å². The van der Waals surface area contributed by atoms with Crippen molar-refractivity contribution in [1.82, 2.24) is 5.32 Å². The van der Waals surface area contributed by atoms with Gasteiger partial charge in [-0.1, -0.05) is 0 Å². The Morgan fingerprint density at radius 2 is 2.38 bits per heavy atom. The number of amides is 1. The van der Waals surface area contributed by atoms with Crippen molar-refractivity contribution in [2.45, 2.75) is 12.5 Å². The topological polar surface area (TPSA) is 49.3 Å². The van der Waals surface area contributed by atoms with Crippen molar-refractivity contribution in [3.63, 3.8) is 0 Å². The summed E-state index contributed by atoms with van der Waals surface area (Å²) in [5.41, 5.74) is 0.498. The van der Waals surface area contributed by atoms with Crippen LogP contribution in [-0.4, -0.2) is 28.6 Å². The lowest BCUT2D eigenvalue weighted by atomic mass is 10.2. The zero-order valence-electron chi connectivity index (χ0n) is 8.57. The van der Waals surface area contributed by atoms with Gasteiger partial charge in [-0.15, -0.1) is 0 Å². The molecular weight excluding hydrogens is 290 g/mol. The molecule has 0 bridgehead atoms. The van der Waals surface area contributed by atoms with Gasteiger partial charge >= 0.3 is 0 Å². The summed E-state index contributed by atoms with van der Waals surface area (Å²) in [6, 6.07) is 5.11. The lowest BCUT2D eigenvalue weighted by Gasteiger charge is -2.11. The molecule has 3 nitrogen and oxygen atoms in total. The minimum Gasteiger partial charge on any atom is -0.507 e. The second-order valence-corrected chi connectivity index (χ2v) is 5.70. The lowest BCUT2D eigenvalue weighted by Crippen LogP contribution is -2.34. The number of aromatic hydroxyl groups is 1. The van der Waals surface area contributed by atoms with Crippen molar-refractivity contribution in [3.05, 3.63) is 28.2 Å². The Labute approximate surface area is 107 Å². The van der Waals surface area contributed by atoms with Crippen molar-refractivity contribution in [3.8, 4) is 5.75 Å². The van der Waals surface area contributed by atoms with Crippen LogP contribution in [0.3, 0.4) is 0 Å². The van der Waals surface area contributed by atoms with Gasteiger partial charge in [0.1, 0.15) is 5.75 Å². The predicted molar refractivity (Wildman–Crippen MR) is 69.0 cm³/mol. The molecule has 0 aromatic heterocycles. The first-order valence-electron chi connectivity index (χ1n) is 5.04. The van der Waals surface area contributed by atoms with Gasteiger partial charge in [-0.2, -0.15) is 11.8 Å². The van der Waals surface area contributed by atoms with E-state index in [1.54, 1.807) is 12.1 Å². The summed E-state index contributed by atoms with van der Waals surface area (Å²) in [5.74, 6) is 2.06. The quantitative estimate of drug-likeness (QED) is 0.882. The van der Waals surface area contributed by atoms with E-state index < -0.39 is 0 Å². The van der Waals surface area contributed by atoms with Crippen LogP contribution in [0.5, 0.6) is 5.75 Å². The molecule has 1 aliphatic rings. The molecule has 1 unspecified atom stereocenters. The second kappa shape index (κ2) is 5.10. The molecule has 1 heterocycles. The number of halogens is 1. The van der Waals surface area contributed by atoms with Crippen LogP contribution in [0.15, 0.2) is 22.7 Å². The highest BCUT2D eigenvalue weighted by Gasteiger charge is 2.18. The summed E-state index contributed by atoms with van der Waals surface area (Å²) in [5, 5.41) is 12.4. The van der Waals surface area contributed by atoms with E-state index in [0.717, 1.165) is 17.9 Å². The van der Waals surface area contributed by atoms with Gasteiger partial charge in [0.2, 0.25) is 0 Å². The molecule has 2 N–H and O–H groups in total. The number of carbonyl (C=O) groups excluding carboxylic acids is 1. The fourth-order valence-corrected chi connectivity index (χ4v) is 2.97. The highest BCUT2D eigenvalue weighted by atomic mass is 79.9. The molecule has 0 aliphatic carbocycles. The molecule has 0 radical (unpaired) electrons. The molecule has 86 valence electrons. The number of hydrogen-bond donors (Lipinski definition) is 2. The van der Waals surface area contributed by atoms with Crippen LogP contribution < -0.4 is 5.32 Å². The summed E-state index contributed by atoms with van der Waals surface area (Å²) in [4.78, 5) is 11.8.